The minimum atomic E-state index is -0.331. The predicted octanol–water partition coefficient (Wildman–Crippen LogP) is 3.84. The van der Waals surface area contributed by atoms with E-state index in [1.165, 1.54) is 0 Å². The summed E-state index contributed by atoms with van der Waals surface area (Å²) in [4.78, 5) is 30.4. The highest BCUT2D eigenvalue weighted by atomic mass is 35.5. The van der Waals surface area contributed by atoms with Crippen molar-refractivity contribution in [2.75, 3.05) is 40.4 Å². The van der Waals surface area contributed by atoms with Crippen LogP contribution in [0.15, 0.2) is 42.5 Å². The molecule has 0 bridgehead atoms. The molecule has 6 nitrogen and oxygen atoms in total. The maximum Gasteiger partial charge on any atom is 0.253 e. The monoisotopic (exact) mass is 442 g/mol. The third-order valence-corrected chi connectivity index (χ3v) is 6.49. The second-order valence-corrected chi connectivity index (χ2v) is 8.51. The lowest BCUT2D eigenvalue weighted by molar-refractivity contribution is -0.134. The van der Waals surface area contributed by atoms with Crippen LogP contribution in [0.5, 0.6) is 11.5 Å². The lowest BCUT2D eigenvalue weighted by Crippen LogP contribution is -2.37. The van der Waals surface area contributed by atoms with Crippen LogP contribution >= 0.6 is 11.6 Å². The molecule has 4 rings (SSSR count). The number of rotatable bonds is 5. The van der Waals surface area contributed by atoms with Crippen molar-refractivity contribution in [1.82, 2.24) is 9.80 Å². The number of likely N-dealkylation sites (tertiary alicyclic amines) is 2. The van der Waals surface area contributed by atoms with E-state index in [9.17, 15) is 9.59 Å². The number of hydrogen-bond acceptors (Lipinski definition) is 4. The van der Waals surface area contributed by atoms with Gasteiger partial charge in [-0.2, -0.15) is 0 Å². The summed E-state index contributed by atoms with van der Waals surface area (Å²) in [7, 11) is 3.23. The molecular formula is C24H27ClN2O4. The van der Waals surface area contributed by atoms with Gasteiger partial charge in [0.25, 0.3) is 5.91 Å². The van der Waals surface area contributed by atoms with Gasteiger partial charge in [-0.15, -0.1) is 0 Å². The number of carbonyl (C=O) groups is 2. The highest BCUT2D eigenvalue weighted by Gasteiger charge is 2.43. The van der Waals surface area contributed by atoms with E-state index in [0.29, 0.717) is 35.2 Å². The predicted molar refractivity (Wildman–Crippen MR) is 119 cm³/mol. The molecule has 0 saturated carbocycles. The Balaban J connectivity index is 1.69. The first-order valence-corrected chi connectivity index (χ1v) is 10.9. The van der Waals surface area contributed by atoms with E-state index in [0.717, 1.165) is 31.5 Å². The van der Waals surface area contributed by atoms with E-state index < -0.39 is 0 Å². The number of amides is 2. The molecule has 2 aromatic carbocycles. The van der Waals surface area contributed by atoms with Crippen molar-refractivity contribution < 1.29 is 19.1 Å². The highest BCUT2D eigenvalue weighted by molar-refractivity contribution is 6.30. The van der Waals surface area contributed by atoms with Crippen LogP contribution < -0.4 is 9.47 Å². The molecule has 2 aliphatic heterocycles. The Bertz CT molecular complexity index is 974. The summed E-state index contributed by atoms with van der Waals surface area (Å²) in [6, 6.07) is 12.5. The van der Waals surface area contributed by atoms with Crippen LogP contribution in [-0.4, -0.2) is 62.0 Å². The molecule has 0 unspecified atom stereocenters. The van der Waals surface area contributed by atoms with Crippen LogP contribution in [0.1, 0.15) is 34.7 Å². The fourth-order valence-corrected chi connectivity index (χ4v) is 4.83. The molecule has 2 aromatic rings. The van der Waals surface area contributed by atoms with Gasteiger partial charge in [-0.1, -0.05) is 17.7 Å². The standard InChI is InChI=1S/C24H27ClN2O4/c1-30-18-8-9-22(31-2)19(13-18)20-14-27(23(28)16-6-5-7-17(25)12-16)15-21(20)24(29)26-10-3-4-11-26/h5-9,12-13,20-21H,3-4,10-11,14-15H2,1-2H3/t20-,21+/m1/s1. The second kappa shape index (κ2) is 9.18. The summed E-state index contributed by atoms with van der Waals surface area (Å²) in [5.74, 6) is 0.869. The summed E-state index contributed by atoms with van der Waals surface area (Å²) >= 11 is 6.10. The van der Waals surface area contributed by atoms with E-state index >= 15 is 0 Å². The molecular weight excluding hydrogens is 416 g/mol. The van der Waals surface area contributed by atoms with Gasteiger partial charge in [0.15, 0.2) is 0 Å². The van der Waals surface area contributed by atoms with E-state index in [1.54, 1.807) is 43.4 Å². The highest BCUT2D eigenvalue weighted by Crippen LogP contribution is 2.41. The van der Waals surface area contributed by atoms with E-state index in [4.69, 9.17) is 21.1 Å². The normalized spacial score (nSPS) is 20.7. The van der Waals surface area contributed by atoms with E-state index in [-0.39, 0.29) is 23.7 Å². The topological polar surface area (TPSA) is 59.1 Å². The Hall–Kier alpha value is -2.73. The first-order valence-electron chi connectivity index (χ1n) is 10.6. The average molecular weight is 443 g/mol. The molecule has 0 aromatic heterocycles. The Labute approximate surface area is 187 Å². The SMILES string of the molecule is COc1ccc(OC)c([C@H]2CN(C(=O)c3cccc(Cl)c3)C[C@@H]2C(=O)N2CCCC2)c1. The Morgan fingerprint density at radius 3 is 2.42 bits per heavy atom. The number of nitrogens with zero attached hydrogens (tertiary/aromatic N) is 2. The van der Waals surface area contributed by atoms with Gasteiger partial charge in [-0.3, -0.25) is 9.59 Å². The zero-order chi connectivity index (χ0) is 22.0. The summed E-state index contributed by atoms with van der Waals surface area (Å²) in [5, 5.41) is 0.515. The van der Waals surface area contributed by atoms with Crippen molar-refractivity contribution in [3.8, 4) is 11.5 Å². The van der Waals surface area contributed by atoms with Crippen LogP contribution in [0.3, 0.4) is 0 Å². The molecule has 7 heteroatoms. The lowest BCUT2D eigenvalue weighted by atomic mass is 9.87. The van der Waals surface area contributed by atoms with Gasteiger partial charge in [0.1, 0.15) is 11.5 Å². The van der Waals surface area contributed by atoms with Crippen molar-refractivity contribution in [3.63, 3.8) is 0 Å². The van der Waals surface area contributed by atoms with Gasteiger partial charge < -0.3 is 19.3 Å². The fraction of sp³-hybridized carbons (Fsp3) is 0.417. The first-order chi connectivity index (χ1) is 15.0. The maximum atomic E-state index is 13.4. The maximum absolute atomic E-state index is 13.4. The zero-order valence-corrected chi connectivity index (χ0v) is 18.6. The fourth-order valence-electron chi connectivity index (χ4n) is 4.64. The molecule has 31 heavy (non-hydrogen) atoms. The van der Waals surface area contributed by atoms with Gasteiger partial charge >= 0.3 is 0 Å². The molecule has 0 N–H and O–H groups in total. The second-order valence-electron chi connectivity index (χ2n) is 8.07. The number of benzene rings is 2. The molecule has 164 valence electrons. The number of hydrogen-bond donors (Lipinski definition) is 0. The molecule has 2 amide bonds. The van der Waals surface area contributed by atoms with E-state index in [2.05, 4.69) is 0 Å². The minimum absolute atomic E-state index is 0.105. The van der Waals surface area contributed by atoms with Gasteiger partial charge in [-0.25, -0.2) is 0 Å². The number of methoxy groups -OCH3 is 2. The number of ether oxygens (including phenoxy) is 2. The Morgan fingerprint density at radius 2 is 1.74 bits per heavy atom. The van der Waals surface area contributed by atoms with Crippen LogP contribution in [-0.2, 0) is 4.79 Å². The van der Waals surface area contributed by atoms with Crippen molar-refractivity contribution in [1.29, 1.82) is 0 Å². The largest absolute Gasteiger partial charge is 0.497 e. The molecule has 0 aliphatic carbocycles. The first kappa shape index (κ1) is 21.5. The number of carbonyl (C=O) groups excluding carboxylic acids is 2. The zero-order valence-electron chi connectivity index (χ0n) is 17.8. The molecule has 0 radical (unpaired) electrons. The third kappa shape index (κ3) is 4.35. The summed E-state index contributed by atoms with van der Waals surface area (Å²) in [6.45, 7) is 2.35. The Morgan fingerprint density at radius 1 is 0.968 bits per heavy atom. The van der Waals surface area contributed by atoms with Crippen molar-refractivity contribution in [3.05, 3.63) is 58.6 Å². The summed E-state index contributed by atoms with van der Waals surface area (Å²) in [5.41, 5.74) is 1.42. The van der Waals surface area contributed by atoms with Gasteiger partial charge in [0.2, 0.25) is 5.91 Å². The smallest absolute Gasteiger partial charge is 0.253 e. The lowest BCUT2D eigenvalue weighted by Gasteiger charge is -2.25. The molecule has 2 fully saturated rings. The van der Waals surface area contributed by atoms with Crippen LogP contribution in [0.4, 0.5) is 0 Å². The molecule has 0 spiro atoms. The van der Waals surface area contributed by atoms with Crippen molar-refractivity contribution in [2.45, 2.75) is 18.8 Å². The molecule has 2 atom stereocenters. The van der Waals surface area contributed by atoms with Gasteiger partial charge in [-0.05, 0) is 49.2 Å². The molecule has 2 saturated heterocycles. The third-order valence-electron chi connectivity index (χ3n) is 6.25. The summed E-state index contributed by atoms with van der Waals surface area (Å²) < 4.78 is 11.0. The van der Waals surface area contributed by atoms with Crippen LogP contribution in [0.25, 0.3) is 0 Å². The Kier molecular flexibility index (Phi) is 6.37. The van der Waals surface area contributed by atoms with E-state index in [1.807, 2.05) is 23.1 Å². The quantitative estimate of drug-likeness (QED) is 0.706. The van der Waals surface area contributed by atoms with Crippen molar-refractivity contribution in [2.24, 2.45) is 5.92 Å². The van der Waals surface area contributed by atoms with Gasteiger partial charge in [0.05, 0.1) is 20.1 Å². The van der Waals surface area contributed by atoms with Crippen LogP contribution in [0.2, 0.25) is 5.02 Å². The summed E-state index contributed by atoms with van der Waals surface area (Å²) in [6.07, 6.45) is 2.05. The average Bonchev–Trinajstić information content (AvgIpc) is 3.48. The minimum Gasteiger partial charge on any atom is -0.497 e. The van der Waals surface area contributed by atoms with Crippen molar-refractivity contribution >= 4 is 23.4 Å². The number of halogens is 1. The molecule has 2 heterocycles. The van der Waals surface area contributed by atoms with Gasteiger partial charge in [0, 0.05) is 48.2 Å². The molecule has 2 aliphatic rings. The van der Waals surface area contributed by atoms with Crippen LogP contribution in [0, 0.1) is 5.92 Å².